The molecule has 3 nitrogen and oxygen atoms in total. The van der Waals surface area contributed by atoms with Crippen LogP contribution in [0, 0.1) is 46.8 Å². The van der Waals surface area contributed by atoms with Crippen LogP contribution >= 0.6 is 0 Å². The minimum atomic E-state index is -5.79. The van der Waals surface area contributed by atoms with E-state index in [2.05, 4.69) is 6.92 Å². The number of hydrogen-bond acceptors (Lipinski definition) is 3. The highest BCUT2D eigenvalue weighted by molar-refractivity contribution is 5.74. The lowest BCUT2D eigenvalue weighted by Crippen LogP contribution is -2.58. The number of carbonyl (C=O) groups excluding carboxylic acids is 1. The number of carbonyl (C=O) groups is 1. The lowest BCUT2D eigenvalue weighted by Gasteiger charge is -2.43. The summed E-state index contributed by atoms with van der Waals surface area (Å²) in [7, 11) is 0. The predicted molar refractivity (Wildman–Crippen MR) is 114 cm³/mol. The largest absolute Gasteiger partial charge is 0.460 e. The topological polar surface area (TPSA) is 46.5 Å². The average Bonchev–Trinajstić information content (AvgIpc) is 3.24. The average molecular weight is 501 g/mol. The van der Waals surface area contributed by atoms with Crippen molar-refractivity contribution in [2.45, 2.75) is 104 Å². The molecular weight excluding hydrogens is 462 g/mol. The standard InChI is InChI=1S/C25H38F6O3/c1-13-7-19(20(32)34-21(3,4)5)22(6,10-13)12-18-14(2)15-8-16(17(18)9-15)11-23(33,24(26,27)28)25(29,30)31/h13-19,33H,7-12H2,1-6H3. The van der Waals surface area contributed by atoms with Crippen LogP contribution in [0.1, 0.15) is 80.1 Å². The van der Waals surface area contributed by atoms with Crippen molar-refractivity contribution in [3.05, 3.63) is 0 Å². The maximum Gasteiger partial charge on any atom is 0.426 e. The predicted octanol–water partition coefficient (Wildman–Crippen LogP) is 6.92. The second kappa shape index (κ2) is 8.55. The first kappa shape index (κ1) is 27.6. The molecule has 34 heavy (non-hydrogen) atoms. The third-order valence-electron chi connectivity index (χ3n) is 8.94. The van der Waals surface area contributed by atoms with Gasteiger partial charge in [-0.2, -0.15) is 26.3 Å². The molecule has 0 saturated heterocycles. The van der Waals surface area contributed by atoms with Crippen molar-refractivity contribution >= 4 is 5.97 Å². The van der Waals surface area contributed by atoms with E-state index in [0.29, 0.717) is 19.3 Å². The Labute approximate surface area is 198 Å². The van der Waals surface area contributed by atoms with Crippen LogP contribution < -0.4 is 0 Å². The second-order valence-corrected chi connectivity index (χ2v) is 12.7. The van der Waals surface area contributed by atoms with Crippen molar-refractivity contribution in [1.29, 1.82) is 0 Å². The number of hydrogen-bond donors (Lipinski definition) is 1. The Bertz CT molecular complexity index is 756. The first-order valence-electron chi connectivity index (χ1n) is 12.3. The van der Waals surface area contributed by atoms with Gasteiger partial charge >= 0.3 is 18.3 Å². The minimum absolute atomic E-state index is 0.0353. The van der Waals surface area contributed by atoms with Gasteiger partial charge in [-0.1, -0.05) is 20.8 Å². The van der Waals surface area contributed by atoms with E-state index in [1.165, 1.54) is 0 Å². The number of ether oxygens (including phenoxy) is 1. The van der Waals surface area contributed by atoms with Gasteiger partial charge in [0.25, 0.3) is 5.60 Å². The maximum absolute atomic E-state index is 13.4. The highest BCUT2D eigenvalue weighted by Gasteiger charge is 2.71. The van der Waals surface area contributed by atoms with E-state index >= 15 is 0 Å². The maximum atomic E-state index is 13.4. The summed E-state index contributed by atoms with van der Waals surface area (Å²) >= 11 is 0. The Morgan fingerprint density at radius 1 is 1.00 bits per heavy atom. The molecule has 3 fully saturated rings. The van der Waals surface area contributed by atoms with Gasteiger partial charge in [0.05, 0.1) is 5.92 Å². The molecule has 8 unspecified atom stereocenters. The molecular formula is C25H38F6O3. The molecule has 0 amide bonds. The lowest BCUT2D eigenvalue weighted by molar-refractivity contribution is -0.373. The highest BCUT2D eigenvalue weighted by Crippen LogP contribution is 2.63. The highest BCUT2D eigenvalue weighted by atomic mass is 19.4. The number of fused-ring (bicyclic) bond motifs is 2. The van der Waals surface area contributed by atoms with Gasteiger partial charge in [0, 0.05) is 0 Å². The first-order valence-corrected chi connectivity index (χ1v) is 12.3. The summed E-state index contributed by atoms with van der Waals surface area (Å²) in [5.74, 6) is -1.46. The molecule has 9 heteroatoms. The summed E-state index contributed by atoms with van der Waals surface area (Å²) in [6.45, 7) is 11.5. The molecule has 3 saturated carbocycles. The molecule has 0 aromatic rings. The smallest absolute Gasteiger partial charge is 0.426 e. The fraction of sp³-hybridized carbons (Fsp3) is 0.960. The van der Waals surface area contributed by atoms with Crippen LogP contribution in [0.15, 0.2) is 0 Å². The summed E-state index contributed by atoms with van der Waals surface area (Å²) in [6.07, 6.45) is -10.1. The van der Waals surface area contributed by atoms with E-state index in [4.69, 9.17) is 4.74 Å². The van der Waals surface area contributed by atoms with Crippen molar-refractivity contribution in [1.82, 2.24) is 0 Å². The zero-order chi connectivity index (χ0) is 26.1. The van der Waals surface area contributed by atoms with Gasteiger partial charge in [0.1, 0.15) is 5.60 Å². The molecule has 3 rings (SSSR count). The van der Waals surface area contributed by atoms with Gasteiger partial charge in [-0.25, -0.2) is 0 Å². The molecule has 1 N–H and O–H groups in total. The van der Waals surface area contributed by atoms with Crippen LogP contribution in [0.5, 0.6) is 0 Å². The van der Waals surface area contributed by atoms with Crippen molar-refractivity contribution in [2.24, 2.45) is 46.8 Å². The van der Waals surface area contributed by atoms with Crippen LogP contribution in [-0.2, 0) is 9.53 Å². The third kappa shape index (κ3) is 4.96. The Kier molecular flexibility index (Phi) is 6.94. The molecule has 8 atom stereocenters. The van der Waals surface area contributed by atoms with Gasteiger partial charge in [-0.3, -0.25) is 4.79 Å². The van der Waals surface area contributed by atoms with E-state index in [1.807, 2.05) is 13.8 Å². The summed E-state index contributed by atoms with van der Waals surface area (Å²) in [5, 5.41) is 9.81. The van der Waals surface area contributed by atoms with Crippen molar-refractivity contribution in [3.8, 4) is 0 Å². The van der Waals surface area contributed by atoms with Crippen LogP contribution in [-0.4, -0.2) is 34.6 Å². The summed E-state index contributed by atoms with van der Waals surface area (Å²) < 4.78 is 85.8. The Hall–Kier alpha value is -0.990. The lowest BCUT2D eigenvalue weighted by atomic mass is 9.63. The number of alkyl halides is 6. The summed E-state index contributed by atoms with van der Waals surface area (Å²) in [4.78, 5) is 13.0. The van der Waals surface area contributed by atoms with Crippen LogP contribution in [0.4, 0.5) is 26.3 Å². The van der Waals surface area contributed by atoms with Gasteiger partial charge in [0.15, 0.2) is 0 Å². The van der Waals surface area contributed by atoms with Crippen LogP contribution in [0.2, 0.25) is 0 Å². The molecule has 0 aromatic carbocycles. The Balaban J connectivity index is 1.82. The van der Waals surface area contributed by atoms with E-state index in [9.17, 15) is 36.2 Å². The molecule has 198 valence electrons. The SMILES string of the molecule is CC1CC(C(=O)OC(C)(C)C)C(C)(CC2C(C)C3CC(CC(O)(C(F)(F)F)C(F)(F)F)C2C3)C1. The monoisotopic (exact) mass is 500 g/mol. The van der Waals surface area contributed by atoms with Crippen molar-refractivity contribution in [3.63, 3.8) is 0 Å². The van der Waals surface area contributed by atoms with Gasteiger partial charge in [-0.15, -0.1) is 0 Å². The van der Waals surface area contributed by atoms with E-state index < -0.39 is 41.3 Å². The Morgan fingerprint density at radius 2 is 1.56 bits per heavy atom. The first-order chi connectivity index (χ1) is 15.2. The zero-order valence-electron chi connectivity index (χ0n) is 20.8. The number of rotatable bonds is 5. The molecule has 3 aliphatic rings. The van der Waals surface area contributed by atoms with Gasteiger partial charge < -0.3 is 9.84 Å². The van der Waals surface area contributed by atoms with Gasteiger partial charge in [0.2, 0.25) is 0 Å². The normalized spacial score (nSPS) is 39.0. The minimum Gasteiger partial charge on any atom is -0.460 e. The molecule has 0 radical (unpaired) electrons. The van der Waals surface area contributed by atoms with E-state index in [-0.39, 0.29) is 47.9 Å². The quantitative estimate of drug-likeness (QED) is 0.329. The van der Waals surface area contributed by atoms with E-state index in [0.717, 1.165) is 6.42 Å². The van der Waals surface area contributed by atoms with Crippen LogP contribution in [0.25, 0.3) is 0 Å². The number of esters is 1. The fourth-order valence-corrected chi connectivity index (χ4v) is 7.46. The molecule has 0 spiro atoms. The number of halogens is 6. The molecule has 0 heterocycles. The van der Waals surface area contributed by atoms with Crippen LogP contribution in [0.3, 0.4) is 0 Å². The van der Waals surface area contributed by atoms with Gasteiger partial charge in [-0.05, 0) is 100 Å². The molecule has 0 aliphatic heterocycles. The van der Waals surface area contributed by atoms with Crippen molar-refractivity contribution < 1.29 is 41.0 Å². The zero-order valence-corrected chi connectivity index (χ0v) is 20.8. The molecule has 0 aromatic heterocycles. The fourth-order valence-electron chi connectivity index (χ4n) is 7.46. The molecule has 2 bridgehead atoms. The summed E-state index contributed by atoms with van der Waals surface area (Å²) in [6, 6.07) is 0. The Morgan fingerprint density at radius 3 is 2.03 bits per heavy atom. The third-order valence-corrected chi connectivity index (χ3v) is 8.94. The second-order valence-electron chi connectivity index (χ2n) is 12.7. The molecule has 3 aliphatic carbocycles. The summed E-state index contributed by atoms with van der Waals surface area (Å²) in [5.41, 5.74) is -5.78. The number of aliphatic hydroxyl groups is 1. The van der Waals surface area contributed by atoms with Crippen molar-refractivity contribution in [2.75, 3.05) is 0 Å². The van der Waals surface area contributed by atoms with E-state index in [1.54, 1.807) is 20.8 Å².